The second kappa shape index (κ2) is 7.99. The lowest BCUT2D eigenvalue weighted by Crippen LogP contribution is -2.17. The van der Waals surface area contributed by atoms with Gasteiger partial charge in [-0.05, 0) is 12.1 Å². The highest BCUT2D eigenvalue weighted by molar-refractivity contribution is 5.85. The quantitative estimate of drug-likeness (QED) is 0.795. The first kappa shape index (κ1) is 17.4. The summed E-state index contributed by atoms with van der Waals surface area (Å²) < 4.78 is 51.1. The number of nitrogens with one attached hydrogen (secondary N) is 1. The van der Waals surface area contributed by atoms with Crippen LogP contribution in [0.3, 0.4) is 0 Å². The van der Waals surface area contributed by atoms with E-state index in [4.69, 9.17) is 0 Å². The Hall–Kier alpha value is -1.61. The van der Waals surface area contributed by atoms with Crippen LogP contribution in [-0.2, 0) is 19.6 Å². The van der Waals surface area contributed by atoms with E-state index in [9.17, 15) is 17.6 Å². The van der Waals surface area contributed by atoms with E-state index in [2.05, 4.69) is 15.5 Å². The van der Waals surface area contributed by atoms with Crippen molar-refractivity contribution >= 4 is 12.4 Å². The summed E-state index contributed by atoms with van der Waals surface area (Å²) in [7, 11) is 0. The third kappa shape index (κ3) is 5.01. The first-order chi connectivity index (χ1) is 9.56. The maximum Gasteiger partial charge on any atom is 0.333 e. The molecule has 0 fully saturated rings. The van der Waals surface area contributed by atoms with Crippen molar-refractivity contribution in [1.82, 2.24) is 24.9 Å². The van der Waals surface area contributed by atoms with Gasteiger partial charge in [-0.2, -0.15) is 19.0 Å². The smallest absolute Gasteiger partial charge is 0.305 e. The molecule has 0 aliphatic rings. The zero-order valence-corrected chi connectivity index (χ0v) is 11.6. The molecule has 0 unspecified atom stereocenters. The maximum absolute atomic E-state index is 12.5. The fourth-order valence-corrected chi connectivity index (χ4v) is 1.72. The van der Waals surface area contributed by atoms with Gasteiger partial charge in [0.1, 0.15) is 6.54 Å². The highest BCUT2D eigenvalue weighted by atomic mass is 35.5. The zero-order chi connectivity index (χ0) is 14.5. The maximum atomic E-state index is 12.5. The number of aromatic nitrogens is 4. The number of nitrogens with zero attached hydrogens (tertiary/aromatic N) is 4. The van der Waals surface area contributed by atoms with Crippen molar-refractivity contribution in [2.24, 2.45) is 0 Å². The summed E-state index contributed by atoms with van der Waals surface area (Å²) >= 11 is 0. The van der Waals surface area contributed by atoms with Crippen LogP contribution in [0.1, 0.15) is 17.9 Å². The standard InChI is InChI=1S/C11H13F4N5.ClH/c12-10(13)7-19-4-2-8(18-19)5-16-6-9-1-3-17-20(9)11(14)15;/h1-4,10-11,16H,5-7H2;1H. The molecule has 118 valence electrons. The Morgan fingerprint density at radius 1 is 1.14 bits per heavy atom. The molecule has 0 saturated heterocycles. The predicted octanol–water partition coefficient (Wildman–Crippen LogP) is 2.45. The Bertz CT molecular complexity index is 542. The summed E-state index contributed by atoms with van der Waals surface area (Å²) in [5, 5.41) is 10.3. The third-order valence-electron chi connectivity index (χ3n) is 2.57. The molecule has 2 aromatic heterocycles. The van der Waals surface area contributed by atoms with E-state index in [0.717, 1.165) is 4.68 Å². The molecule has 2 aromatic rings. The normalized spacial score (nSPS) is 11.1. The van der Waals surface area contributed by atoms with Gasteiger partial charge in [-0.25, -0.2) is 13.5 Å². The molecule has 0 spiro atoms. The summed E-state index contributed by atoms with van der Waals surface area (Å²) in [6, 6.07) is 3.08. The summed E-state index contributed by atoms with van der Waals surface area (Å²) in [5.74, 6) is 0. The highest BCUT2D eigenvalue weighted by Gasteiger charge is 2.11. The number of hydrogen-bond acceptors (Lipinski definition) is 3. The van der Waals surface area contributed by atoms with Crippen molar-refractivity contribution in [3.05, 3.63) is 35.9 Å². The highest BCUT2D eigenvalue weighted by Crippen LogP contribution is 2.11. The van der Waals surface area contributed by atoms with Gasteiger partial charge in [0, 0.05) is 25.5 Å². The molecule has 0 aliphatic carbocycles. The zero-order valence-electron chi connectivity index (χ0n) is 10.8. The van der Waals surface area contributed by atoms with Gasteiger partial charge in [0.2, 0.25) is 0 Å². The lowest BCUT2D eigenvalue weighted by molar-refractivity contribution is 0.0531. The van der Waals surface area contributed by atoms with Crippen LogP contribution in [0.15, 0.2) is 24.5 Å². The third-order valence-corrected chi connectivity index (χ3v) is 2.57. The number of halogens is 5. The molecule has 0 bridgehead atoms. The Balaban J connectivity index is 0.00000220. The molecule has 2 rings (SSSR count). The SMILES string of the molecule is Cl.FC(F)Cn1ccc(CNCc2ccnn2C(F)F)n1. The molecular weight excluding hydrogens is 314 g/mol. The van der Waals surface area contributed by atoms with Gasteiger partial charge in [-0.1, -0.05) is 0 Å². The van der Waals surface area contributed by atoms with E-state index in [0.29, 0.717) is 22.6 Å². The first-order valence-corrected chi connectivity index (χ1v) is 5.88. The average molecular weight is 328 g/mol. The van der Waals surface area contributed by atoms with E-state index < -0.39 is 19.5 Å². The Labute approximate surface area is 124 Å². The van der Waals surface area contributed by atoms with Gasteiger partial charge >= 0.3 is 6.55 Å². The molecule has 2 heterocycles. The van der Waals surface area contributed by atoms with E-state index in [-0.39, 0.29) is 19.0 Å². The molecular formula is C11H14ClF4N5. The minimum atomic E-state index is -2.69. The molecule has 0 aromatic carbocycles. The van der Waals surface area contributed by atoms with Crippen molar-refractivity contribution in [1.29, 1.82) is 0 Å². The Morgan fingerprint density at radius 2 is 1.90 bits per heavy atom. The van der Waals surface area contributed by atoms with Crippen LogP contribution in [0.25, 0.3) is 0 Å². The van der Waals surface area contributed by atoms with E-state index in [1.807, 2.05) is 0 Å². The van der Waals surface area contributed by atoms with Crippen molar-refractivity contribution in [3.63, 3.8) is 0 Å². The number of rotatable bonds is 7. The van der Waals surface area contributed by atoms with E-state index in [1.54, 1.807) is 6.07 Å². The van der Waals surface area contributed by atoms with Crippen molar-refractivity contribution in [3.8, 4) is 0 Å². The fraction of sp³-hybridized carbons (Fsp3) is 0.455. The molecule has 5 nitrogen and oxygen atoms in total. The van der Waals surface area contributed by atoms with Gasteiger partial charge in [0.15, 0.2) is 0 Å². The molecule has 0 aliphatic heterocycles. The summed E-state index contributed by atoms with van der Waals surface area (Å²) in [6.45, 7) is -2.67. The molecule has 0 amide bonds. The molecule has 0 saturated carbocycles. The van der Waals surface area contributed by atoms with Gasteiger partial charge in [0.05, 0.1) is 11.4 Å². The molecule has 10 heteroatoms. The van der Waals surface area contributed by atoms with Crippen LogP contribution in [0, 0.1) is 0 Å². The Kier molecular flexibility index (Phi) is 6.63. The van der Waals surface area contributed by atoms with Crippen LogP contribution in [0.2, 0.25) is 0 Å². The first-order valence-electron chi connectivity index (χ1n) is 5.88. The van der Waals surface area contributed by atoms with Crippen LogP contribution in [-0.4, -0.2) is 26.0 Å². The van der Waals surface area contributed by atoms with Crippen molar-refractivity contribution < 1.29 is 17.6 Å². The second-order valence-electron chi connectivity index (χ2n) is 4.07. The molecule has 0 radical (unpaired) electrons. The fourth-order valence-electron chi connectivity index (χ4n) is 1.72. The lowest BCUT2D eigenvalue weighted by atomic mass is 10.4. The van der Waals surface area contributed by atoms with Gasteiger partial charge in [-0.3, -0.25) is 4.68 Å². The van der Waals surface area contributed by atoms with Crippen LogP contribution in [0.5, 0.6) is 0 Å². The largest absolute Gasteiger partial charge is 0.333 e. The van der Waals surface area contributed by atoms with E-state index >= 15 is 0 Å². The topological polar surface area (TPSA) is 47.7 Å². The van der Waals surface area contributed by atoms with E-state index in [1.165, 1.54) is 18.5 Å². The minimum absolute atomic E-state index is 0. The van der Waals surface area contributed by atoms with Crippen LogP contribution in [0.4, 0.5) is 17.6 Å². The summed E-state index contributed by atoms with van der Waals surface area (Å²) in [5.41, 5.74) is 0.903. The number of alkyl halides is 4. The summed E-state index contributed by atoms with van der Waals surface area (Å²) in [4.78, 5) is 0. The van der Waals surface area contributed by atoms with Gasteiger partial charge in [-0.15, -0.1) is 12.4 Å². The Morgan fingerprint density at radius 3 is 2.57 bits per heavy atom. The molecule has 21 heavy (non-hydrogen) atoms. The van der Waals surface area contributed by atoms with Crippen molar-refractivity contribution in [2.75, 3.05) is 0 Å². The van der Waals surface area contributed by atoms with Crippen LogP contribution >= 0.6 is 12.4 Å². The minimum Gasteiger partial charge on any atom is -0.305 e. The molecule has 0 atom stereocenters. The number of hydrogen-bond donors (Lipinski definition) is 1. The molecule has 1 N–H and O–H groups in total. The average Bonchev–Trinajstić information content (AvgIpc) is 2.98. The van der Waals surface area contributed by atoms with Crippen molar-refractivity contribution in [2.45, 2.75) is 32.6 Å². The van der Waals surface area contributed by atoms with Gasteiger partial charge in [0.25, 0.3) is 6.43 Å². The van der Waals surface area contributed by atoms with Crippen LogP contribution < -0.4 is 5.32 Å². The van der Waals surface area contributed by atoms with Gasteiger partial charge < -0.3 is 5.32 Å². The monoisotopic (exact) mass is 327 g/mol. The summed E-state index contributed by atoms with van der Waals surface area (Å²) in [6.07, 6.45) is 0.281. The predicted molar refractivity (Wildman–Crippen MR) is 69.5 cm³/mol. The lowest BCUT2D eigenvalue weighted by Gasteiger charge is -2.06. The second-order valence-corrected chi connectivity index (χ2v) is 4.07.